The maximum atomic E-state index is 2.53. The van der Waals surface area contributed by atoms with Crippen LogP contribution in [0.4, 0.5) is 0 Å². The van der Waals surface area contributed by atoms with Gasteiger partial charge in [-0.25, -0.2) is 0 Å². The third-order valence-corrected chi connectivity index (χ3v) is 12.2. The molecule has 2 rings (SSSR count). The molecule has 2 aliphatic heterocycles. The number of halogens is 2. The predicted molar refractivity (Wildman–Crippen MR) is 123 cm³/mol. The van der Waals surface area contributed by atoms with E-state index in [2.05, 4.69) is 59.0 Å². The molecule has 21 heavy (non-hydrogen) atoms. The number of rotatable bonds is 7. The summed E-state index contributed by atoms with van der Waals surface area (Å²) in [5, 5.41) is 0. The van der Waals surface area contributed by atoms with Crippen LogP contribution in [-0.2, 0) is 0 Å². The molecule has 0 aromatic heterocycles. The van der Waals surface area contributed by atoms with Crippen LogP contribution in [0.2, 0.25) is 0 Å². The molecule has 0 N–H and O–H groups in total. The summed E-state index contributed by atoms with van der Waals surface area (Å²) in [7, 11) is 0. The summed E-state index contributed by atoms with van der Waals surface area (Å²) in [6.07, 6.45) is 9.60. The van der Waals surface area contributed by atoms with Gasteiger partial charge in [0.1, 0.15) is 0 Å². The van der Waals surface area contributed by atoms with Crippen LogP contribution >= 0.6 is 92.2 Å². The minimum Gasteiger partial charge on any atom is -0.0840 e. The third kappa shape index (κ3) is 6.14. The molecule has 0 bridgehead atoms. The third-order valence-electron chi connectivity index (χ3n) is 3.25. The first kappa shape index (κ1) is 19.4. The molecule has 0 amide bonds. The van der Waals surface area contributed by atoms with Crippen molar-refractivity contribution in [2.45, 2.75) is 58.8 Å². The molecule has 2 aliphatic rings. The van der Waals surface area contributed by atoms with Gasteiger partial charge in [0.2, 0.25) is 0 Å². The maximum absolute atomic E-state index is 2.53. The standard InChI is InChI=1S/C15H20I2S4/c1-3-4-5-6-7-8-9-11-13(17)21-15(19-11)14-18-10(2)12(16)20-14/h3-9H2,1-2H3/b15-14+. The Morgan fingerprint density at radius 3 is 2.05 bits per heavy atom. The Morgan fingerprint density at radius 1 is 0.762 bits per heavy atom. The van der Waals surface area contributed by atoms with Crippen LogP contribution in [0.25, 0.3) is 0 Å². The zero-order valence-corrected chi connectivity index (χ0v) is 19.9. The van der Waals surface area contributed by atoms with Crippen molar-refractivity contribution >= 4 is 92.2 Å². The van der Waals surface area contributed by atoms with Gasteiger partial charge in [0.25, 0.3) is 0 Å². The highest BCUT2D eigenvalue weighted by Gasteiger charge is 2.26. The first-order valence-electron chi connectivity index (χ1n) is 7.32. The van der Waals surface area contributed by atoms with Gasteiger partial charge < -0.3 is 0 Å². The first-order chi connectivity index (χ1) is 10.1. The summed E-state index contributed by atoms with van der Waals surface area (Å²) < 4.78 is 5.97. The molecule has 0 atom stereocenters. The van der Waals surface area contributed by atoms with Crippen LogP contribution < -0.4 is 0 Å². The van der Waals surface area contributed by atoms with Gasteiger partial charge >= 0.3 is 0 Å². The molecule has 0 saturated heterocycles. The molecule has 0 nitrogen and oxygen atoms in total. The fraction of sp³-hybridized carbons (Fsp3) is 0.600. The minimum atomic E-state index is 1.28. The number of allylic oxidation sites excluding steroid dienone is 2. The van der Waals surface area contributed by atoms with Crippen molar-refractivity contribution in [3.63, 3.8) is 0 Å². The van der Waals surface area contributed by atoms with Gasteiger partial charge in [0, 0.05) is 9.81 Å². The number of unbranched alkanes of at least 4 members (excludes halogenated alkanes) is 5. The van der Waals surface area contributed by atoms with Crippen LogP contribution in [0.15, 0.2) is 24.1 Å². The van der Waals surface area contributed by atoms with Crippen molar-refractivity contribution in [2.24, 2.45) is 0 Å². The smallest absolute Gasteiger partial charge is 0.0708 e. The fourth-order valence-electron chi connectivity index (χ4n) is 2.05. The van der Waals surface area contributed by atoms with E-state index in [1.165, 1.54) is 64.1 Å². The lowest BCUT2D eigenvalue weighted by molar-refractivity contribution is 0.610. The summed E-state index contributed by atoms with van der Waals surface area (Å²) in [6, 6.07) is 0. The molecule has 0 aromatic rings. The number of hydrogen-bond acceptors (Lipinski definition) is 4. The summed E-state index contributed by atoms with van der Waals surface area (Å²) >= 11 is 12.9. The highest BCUT2D eigenvalue weighted by Crippen LogP contribution is 2.62. The molecular weight excluding hydrogens is 562 g/mol. The lowest BCUT2D eigenvalue weighted by Gasteiger charge is -2.03. The van der Waals surface area contributed by atoms with Gasteiger partial charge in [-0.1, -0.05) is 86.1 Å². The first-order valence-corrected chi connectivity index (χ1v) is 12.7. The van der Waals surface area contributed by atoms with Crippen LogP contribution in [0.1, 0.15) is 58.8 Å². The van der Waals surface area contributed by atoms with Crippen LogP contribution in [0.3, 0.4) is 0 Å². The Labute approximate surface area is 173 Å². The molecule has 0 aliphatic carbocycles. The summed E-state index contributed by atoms with van der Waals surface area (Å²) in [5.74, 6) is 0. The Bertz CT molecular complexity index is 464. The van der Waals surface area contributed by atoms with E-state index in [-0.39, 0.29) is 0 Å². The zero-order chi connectivity index (χ0) is 15.2. The topological polar surface area (TPSA) is 0 Å². The molecule has 0 spiro atoms. The number of thioether (sulfide) groups is 4. The lowest BCUT2D eigenvalue weighted by Crippen LogP contribution is -1.81. The lowest BCUT2D eigenvalue weighted by atomic mass is 10.1. The van der Waals surface area contributed by atoms with E-state index in [4.69, 9.17) is 0 Å². The van der Waals surface area contributed by atoms with E-state index >= 15 is 0 Å². The van der Waals surface area contributed by atoms with Gasteiger partial charge in [0.05, 0.1) is 14.3 Å². The number of hydrogen-bond donors (Lipinski definition) is 0. The highest BCUT2D eigenvalue weighted by molar-refractivity contribution is 14.1. The van der Waals surface area contributed by atoms with Crippen LogP contribution in [-0.4, -0.2) is 0 Å². The molecule has 0 aromatic carbocycles. The largest absolute Gasteiger partial charge is 0.0840 e. The Kier molecular flexibility index (Phi) is 9.39. The molecule has 118 valence electrons. The van der Waals surface area contributed by atoms with Crippen molar-refractivity contribution < 1.29 is 0 Å². The fourth-order valence-corrected chi connectivity index (χ4v) is 10.1. The zero-order valence-electron chi connectivity index (χ0n) is 12.3. The Balaban J connectivity index is 1.76. The summed E-state index contributed by atoms with van der Waals surface area (Å²) in [6.45, 7) is 4.51. The second kappa shape index (κ2) is 10.2. The predicted octanol–water partition coefficient (Wildman–Crippen LogP) is 9.05. The second-order valence-corrected chi connectivity index (χ2v) is 13.5. The van der Waals surface area contributed by atoms with Gasteiger partial charge in [-0.05, 0) is 64.9 Å². The second-order valence-electron chi connectivity index (χ2n) is 5.03. The van der Waals surface area contributed by atoms with Gasteiger partial charge in [-0.3, -0.25) is 0 Å². The van der Waals surface area contributed by atoms with Gasteiger partial charge in [-0.2, -0.15) is 0 Å². The molecule has 6 heteroatoms. The van der Waals surface area contributed by atoms with E-state index in [0.29, 0.717) is 0 Å². The van der Waals surface area contributed by atoms with Gasteiger partial charge in [0.15, 0.2) is 0 Å². The van der Waals surface area contributed by atoms with E-state index in [1.807, 2.05) is 47.0 Å². The SMILES string of the molecule is CCCCCCCCC1=C(I)S/C(=C2\SC(C)=C(I)S2)S1. The normalized spacial score (nSPS) is 22.9. The van der Waals surface area contributed by atoms with E-state index < -0.39 is 0 Å². The van der Waals surface area contributed by atoms with Gasteiger partial charge in [-0.15, -0.1) is 0 Å². The van der Waals surface area contributed by atoms with Crippen LogP contribution in [0.5, 0.6) is 0 Å². The molecule has 2 heterocycles. The van der Waals surface area contributed by atoms with Crippen molar-refractivity contribution in [1.82, 2.24) is 0 Å². The van der Waals surface area contributed by atoms with Crippen molar-refractivity contribution in [1.29, 1.82) is 0 Å². The van der Waals surface area contributed by atoms with Crippen LogP contribution in [0, 0.1) is 0 Å². The Hall–Kier alpha value is 2.08. The van der Waals surface area contributed by atoms with E-state index in [1.54, 1.807) is 4.91 Å². The van der Waals surface area contributed by atoms with Crippen molar-refractivity contribution in [3.8, 4) is 0 Å². The Morgan fingerprint density at radius 2 is 1.38 bits per heavy atom. The van der Waals surface area contributed by atoms with Crippen molar-refractivity contribution in [2.75, 3.05) is 0 Å². The minimum absolute atomic E-state index is 1.28. The molecular formula is C15H20I2S4. The highest BCUT2D eigenvalue weighted by atomic mass is 127. The average Bonchev–Trinajstić information content (AvgIpc) is 2.98. The molecule has 0 radical (unpaired) electrons. The summed E-state index contributed by atoms with van der Waals surface area (Å²) in [5.41, 5.74) is 0. The quantitative estimate of drug-likeness (QED) is 0.217. The average molecular weight is 582 g/mol. The monoisotopic (exact) mass is 582 g/mol. The molecule has 0 fully saturated rings. The molecule has 0 saturated carbocycles. The van der Waals surface area contributed by atoms with E-state index in [0.717, 1.165) is 0 Å². The van der Waals surface area contributed by atoms with E-state index in [9.17, 15) is 0 Å². The maximum Gasteiger partial charge on any atom is 0.0708 e. The molecule has 0 unspecified atom stereocenters. The summed E-state index contributed by atoms with van der Waals surface area (Å²) in [4.78, 5) is 3.07. The van der Waals surface area contributed by atoms with Crippen molar-refractivity contribution in [3.05, 3.63) is 24.1 Å².